The van der Waals surface area contributed by atoms with Crippen LogP contribution in [-0.2, 0) is 26.1 Å². The molecule has 6 heteroatoms. The van der Waals surface area contributed by atoms with Gasteiger partial charge in [-0.15, -0.1) is 0 Å². The second-order valence-corrected chi connectivity index (χ2v) is 7.91. The van der Waals surface area contributed by atoms with Gasteiger partial charge in [-0.3, -0.25) is 9.69 Å². The SMILES string of the molecule is COc1cc2c(cc1O)CN(Cc1ccccc1CNC(=O)c1ccccc1OC)CC2. The van der Waals surface area contributed by atoms with Gasteiger partial charge >= 0.3 is 0 Å². The van der Waals surface area contributed by atoms with E-state index in [4.69, 9.17) is 9.47 Å². The summed E-state index contributed by atoms with van der Waals surface area (Å²) in [6.45, 7) is 2.89. The Morgan fingerprint density at radius 3 is 2.47 bits per heavy atom. The van der Waals surface area contributed by atoms with E-state index in [1.54, 1.807) is 32.4 Å². The molecule has 0 aromatic heterocycles. The second kappa shape index (κ2) is 9.75. The van der Waals surface area contributed by atoms with Gasteiger partial charge in [-0.25, -0.2) is 0 Å². The minimum absolute atomic E-state index is 0.159. The van der Waals surface area contributed by atoms with Crippen LogP contribution in [0.4, 0.5) is 0 Å². The van der Waals surface area contributed by atoms with Gasteiger partial charge in [-0.05, 0) is 52.9 Å². The highest BCUT2D eigenvalue weighted by Gasteiger charge is 2.20. The van der Waals surface area contributed by atoms with Crippen molar-refractivity contribution in [1.29, 1.82) is 0 Å². The minimum atomic E-state index is -0.159. The summed E-state index contributed by atoms with van der Waals surface area (Å²) in [5.41, 5.74) is 5.12. The first-order valence-electron chi connectivity index (χ1n) is 10.7. The molecular formula is C26H28N2O4. The molecule has 0 aliphatic carbocycles. The number of para-hydroxylation sites is 1. The Morgan fingerprint density at radius 2 is 1.69 bits per heavy atom. The Bertz CT molecular complexity index is 1110. The van der Waals surface area contributed by atoms with Crippen LogP contribution in [0.15, 0.2) is 60.7 Å². The van der Waals surface area contributed by atoms with Gasteiger partial charge in [0.1, 0.15) is 5.75 Å². The molecule has 3 aromatic rings. The topological polar surface area (TPSA) is 71.0 Å². The van der Waals surface area contributed by atoms with E-state index in [1.165, 1.54) is 11.1 Å². The first-order valence-corrected chi connectivity index (χ1v) is 10.7. The summed E-state index contributed by atoms with van der Waals surface area (Å²) in [4.78, 5) is 15.0. The van der Waals surface area contributed by atoms with Crippen molar-refractivity contribution in [2.45, 2.75) is 26.1 Å². The second-order valence-electron chi connectivity index (χ2n) is 7.91. The Kier molecular flexibility index (Phi) is 6.61. The summed E-state index contributed by atoms with van der Waals surface area (Å²) < 4.78 is 10.5. The quantitative estimate of drug-likeness (QED) is 0.593. The van der Waals surface area contributed by atoms with E-state index in [9.17, 15) is 9.90 Å². The van der Waals surface area contributed by atoms with Gasteiger partial charge in [0.05, 0.1) is 19.8 Å². The molecule has 4 rings (SSSR count). The fourth-order valence-electron chi connectivity index (χ4n) is 4.16. The van der Waals surface area contributed by atoms with Crippen molar-refractivity contribution in [3.8, 4) is 17.2 Å². The zero-order valence-electron chi connectivity index (χ0n) is 18.4. The summed E-state index contributed by atoms with van der Waals surface area (Å²) in [6.07, 6.45) is 0.901. The maximum atomic E-state index is 12.7. The van der Waals surface area contributed by atoms with E-state index in [2.05, 4.69) is 16.3 Å². The first-order chi connectivity index (χ1) is 15.6. The summed E-state index contributed by atoms with van der Waals surface area (Å²) in [5, 5.41) is 13.2. The van der Waals surface area contributed by atoms with E-state index in [0.717, 1.165) is 37.2 Å². The minimum Gasteiger partial charge on any atom is -0.504 e. The molecule has 32 heavy (non-hydrogen) atoms. The number of amides is 1. The molecule has 1 heterocycles. The van der Waals surface area contributed by atoms with E-state index in [1.807, 2.05) is 36.4 Å². The maximum Gasteiger partial charge on any atom is 0.255 e. The predicted molar refractivity (Wildman–Crippen MR) is 123 cm³/mol. The Labute approximate surface area is 188 Å². The molecule has 0 spiro atoms. The third kappa shape index (κ3) is 4.70. The van der Waals surface area contributed by atoms with Crippen LogP contribution in [0.1, 0.15) is 32.6 Å². The molecule has 0 saturated carbocycles. The molecule has 0 bridgehead atoms. The van der Waals surface area contributed by atoms with Gasteiger partial charge in [-0.1, -0.05) is 36.4 Å². The zero-order chi connectivity index (χ0) is 22.5. The molecule has 1 aliphatic heterocycles. The number of fused-ring (bicyclic) bond motifs is 1. The highest BCUT2D eigenvalue weighted by atomic mass is 16.5. The summed E-state index contributed by atoms with van der Waals surface area (Å²) in [7, 11) is 3.13. The number of nitrogens with zero attached hydrogens (tertiary/aromatic N) is 1. The van der Waals surface area contributed by atoms with Gasteiger partial charge < -0.3 is 19.9 Å². The molecular weight excluding hydrogens is 404 g/mol. The fourth-order valence-corrected chi connectivity index (χ4v) is 4.16. The van der Waals surface area contributed by atoms with Crippen molar-refractivity contribution >= 4 is 5.91 Å². The van der Waals surface area contributed by atoms with Gasteiger partial charge in [0.2, 0.25) is 0 Å². The molecule has 0 fully saturated rings. The number of hydrogen-bond donors (Lipinski definition) is 2. The normalized spacial score (nSPS) is 13.3. The number of aromatic hydroxyl groups is 1. The lowest BCUT2D eigenvalue weighted by Gasteiger charge is -2.30. The van der Waals surface area contributed by atoms with Crippen molar-refractivity contribution in [1.82, 2.24) is 10.2 Å². The summed E-state index contributed by atoms with van der Waals surface area (Å²) >= 11 is 0. The van der Waals surface area contributed by atoms with Gasteiger partial charge in [0, 0.05) is 26.2 Å². The van der Waals surface area contributed by atoms with Crippen LogP contribution in [0, 0.1) is 0 Å². The van der Waals surface area contributed by atoms with E-state index in [0.29, 0.717) is 23.6 Å². The number of methoxy groups -OCH3 is 2. The van der Waals surface area contributed by atoms with E-state index >= 15 is 0 Å². The van der Waals surface area contributed by atoms with Crippen molar-refractivity contribution < 1.29 is 19.4 Å². The third-order valence-electron chi connectivity index (χ3n) is 5.90. The number of benzene rings is 3. The van der Waals surface area contributed by atoms with Gasteiger partial charge in [0.15, 0.2) is 11.5 Å². The van der Waals surface area contributed by atoms with Crippen LogP contribution in [-0.4, -0.2) is 36.7 Å². The number of hydrogen-bond acceptors (Lipinski definition) is 5. The van der Waals surface area contributed by atoms with Crippen LogP contribution < -0.4 is 14.8 Å². The van der Waals surface area contributed by atoms with E-state index < -0.39 is 0 Å². The third-order valence-corrected chi connectivity index (χ3v) is 5.90. The number of phenolic OH excluding ortho intramolecular Hbond substituents is 1. The van der Waals surface area contributed by atoms with Crippen molar-refractivity contribution in [2.75, 3.05) is 20.8 Å². The molecule has 0 unspecified atom stereocenters. The largest absolute Gasteiger partial charge is 0.504 e. The Morgan fingerprint density at radius 1 is 0.969 bits per heavy atom. The van der Waals surface area contributed by atoms with Crippen LogP contribution in [0.25, 0.3) is 0 Å². The Hall–Kier alpha value is -3.51. The van der Waals surface area contributed by atoms with Gasteiger partial charge in [0.25, 0.3) is 5.91 Å². The zero-order valence-corrected chi connectivity index (χ0v) is 18.4. The summed E-state index contributed by atoms with van der Waals surface area (Å²) in [6, 6.07) is 19.1. The Balaban J connectivity index is 1.44. The lowest BCUT2D eigenvalue weighted by Crippen LogP contribution is -2.31. The molecule has 2 N–H and O–H groups in total. The predicted octanol–water partition coefficient (Wildman–Crippen LogP) is 3.90. The van der Waals surface area contributed by atoms with Crippen LogP contribution in [0.3, 0.4) is 0 Å². The molecule has 6 nitrogen and oxygen atoms in total. The van der Waals surface area contributed by atoms with Crippen LogP contribution >= 0.6 is 0 Å². The average molecular weight is 433 g/mol. The highest BCUT2D eigenvalue weighted by molar-refractivity contribution is 5.96. The van der Waals surface area contributed by atoms with Gasteiger partial charge in [-0.2, -0.15) is 0 Å². The lowest BCUT2D eigenvalue weighted by molar-refractivity contribution is 0.0947. The van der Waals surface area contributed by atoms with Crippen molar-refractivity contribution in [2.24, 2.45) is 0 Å². The standard InChI is InChI=1S/C26H28N2O4/c1-31-24-10-6-5-9-22(24)26(30)27-15-19-7-3-4-8-20(19)16-28-12-11-18-14-25(32-2)23(29)13-21(18)17-28/h3-10,13-14,29H,11-12,15-17H2,1-2H3,(H,27,30). The van der Waals surface area contributed by atoms with Crippen molar-refractivity contribution in [3.05, 3.63) is 88.5 Å². The molecule has 0 atom stereocenters. The monoisotopic (exact) mass is 432 g/mol. The fraction of sp³-hybridized carbons (Fsp3) is 0.269. The molecule has 166 valence electrons. The number of phenols is 1. The summed E-state index contributed by atoms with van der Waals surface area (Å²) in [5.74, 6) is 1.10. The average Bonchev–Trinajstić information content (AvgIpc) is 2.82. The number of rotatable bonds is 7. The smallest absolute Gasteiger partial charge is 0.255 e. The highest BCUT2D eigenvalue weighted by Crippen LogP contribution is 2.32. The van der Waals surface area contributed by atoms with E-state index in [-0.39, 0.29) is 11.7 Å². The maximum absolute atomic E-state index is 12.7. The van der Waals surface area contributed by atoms with Crippen LogP contribution in [0.5, 0.6) is 17.2 Å². The lowest BCUT2D eigenvalue weighted by atomic mass is 9.97. The molecule has 1 aliphatic rings. The number of ether oxygens (including phenoxy) is 2. The molecule has 1 amide bonds. The molecule has 0 saturated heterocycles. The first kappa shape index (κ1) is 21.7. The molecule has 3 aromatic carbocycles. The number of carbonyl (C=O) groups is 1. The van der Waals surface area contributed by atoms with Crippen LogP contribution in [0.2, 0.25) is 0 Å². The molecule has 0 radical (unpaired) electrons. The number of carbonyl (C=O) groups excluding carboxylic acids is 1. The number of nitrogens with one attached hydrogen (secondary N) is 1. The van der Waals surface area contributed by atoms with Crippen molar-refractivity contribution in [3.63, 3.8) is 0 Å².